The van der Waals surface area contributed by atoms with E-state index in [9.17, 15) is 19.2 Å². The number of nitrogens with two attached hydrogens (primary N) is 1. The lowest BCUT2D eigenvalue weighted by Gasteiger charge is -2.25. The summed E-state index contributed by atoms with van der Waals surface area (Å²) in [7, 11) is 0. The number of amides is 3. The zero-order valence-corrected chi connectivity index (χ0v) is 17.8. The molecule has 0 bridgehead atoms. The van der Waals surface area contributed by atoms with Crippen LogP contribution in [0, 0.1) is 11.8 Å². The Kier molecular flexibility index (Phi) is 10.4. The lowest BCUT2D eigenvalue weighted by molar-refractivity contribution is -0.148. The lowest BCUT2D eigenvalue weighted by atomic mass is 9.99. The maximum Gasteiger partial charge on any atom is 0.408 e. The summed E-state index contributed by atoms with van der Waals surface area (Å²) in [5.74, 6) is -2.79. The third kappa shape index (κ3) is 8.50. The van der Waals surface area contributed by atoms with Gasteiger partial charge in [0.05, 0.1) is 12.5 Å². The third-order valence-corrected chi connectivity index (χ3v) is 4.37. The summed E-state index contributed by atoms with van der Waals surface area (Å²) in [5.41, 5.74) is 6.18. The second kappa shape index (κ2) is 12.5. The van der Waals surface area contributed by atoms with E-state index in [0.717, 1.165) is 5.56 Å². The van der Waals surface area contributed by atoms with Crippen molar-refractivity contribution in [2.75, 3.05) is 6.61 Å². The third-order valence-electron chi connectivity index (χ3n) is 4.37. The largest absolute Gasteiger partial charge is 0.466 e. The average molecular weight is 421 g/mol. The van der Waals surface area contributed by atoms with Crippen molar-refractivity contribution in [1.82, 2.24) is 10.6 Å². The van der Waals surface area contributed by atoms with Crippen LogP contribution >= 0.6 is 0 Å². The summed E-state index contributed by atoms with van der Waals surface area (Å²) >= 11 is 0. The van der Waals surface area contributed by atoms with Gasteiger partial charge in [0.25, 0.3) is 0 Å². The van der Waals surface area contributed by atoms with Crippen LogP contribution in [-0.4, -0.2) is 42.6 Å². The minimum absolute atomic E-state index is 0.0107. The predicted octanol–water partition coefficient (Wildman–Crippen LogP) is 1.50. The molecule has 0 aliphatic rings. The molecule has 0 radical (unpaired) electrons. The number of esters is 1. The van der Waals surface area contributed by atoms with Crippen LogP contribution in [0.2, 0.25) is 0 Å². The molecule has 166 valence electrons. The molecule has 4 N–H and O–H groups in total. The van der Waals surface area contributed by atoms with Gasteiger partial charge in [-0.1, -0.05) is 51.1 Å². The molecule has 1 aromatic rings. The first-order chi connectivity index (χ1) is 14.1. The van der Waals surface area contributed by atoms with E-state index in [1.807, 2.05) is 30.3 Å². The zero-order valence-electron chi connectivity index (χ0n) is 17.8. The first-order valence-corrected chi connectivity index (χ1v) is 9.89. The molecule has 3 atom stereocenters. The minimum atomic E-state index is -1.08. The maximum absolute atomic E-state index is 12.7. The number of alkyl carbamates (subject to hydrolysis) is 1. The van der Waals surface area contributed by atoms with Gasteiger partial charge in [0.15, 0.2) is 0 Å². The van der Waals surface area contributed by atoms with Crippen molar-refractivity contribution in [3.05, 3.63) is 35.9 Å². The van der Waals surface area contributed by atoms with E-state index >= 15 is 0 Å². The van der Waals surface area contributed by atoms with E-state index in [1.54, 1.807) is 27.7 Å². The van der Waals surface area contributed by atoms with Gasteiger partial charge < -0.3 is 25.8 Å². The van der Waals surface area contributed by atoms with Gasteiger partial charge in [-0.25, -0.2) is 4.79 Å². The second-order valence-corrected chi connectivity index (χ2v) is 7.28. The molecule has 30 heavy (non-hydrogen) atoms. The molecule has 0 aliphatic heterocycles. The molecule has 9 nitrogen and oxygen atoms in total. The Morgan fingerprint density at radius 1 is 1.00 bits per heavy atom. The SMILES string of the molecule is CCOC(=O)[C@H](C)C[C@@H](NC(=O)[C@H](NC(=O)OCc1ccccc1)C(C)C)C(N)=O. The van der Waals surface area contributed by atoms with Gasteiger partial charge in [-0.05, 0) is 24.8 Å². The fourth-order valence-electron chi connectivity index (χ4n) is 2.67. The van der Waals surface area contributed by atoms with E-state index in [0.29, 0.717) is 0 Å². The highest BCUT2D eigenvalue weighted by molar-refractivity contribution is 5.91. The Hall–Kier alpha value is -3.10. The molecule has 0 unspecified atom stereocenters. The van der Waals surface area contributed by atoms with Crippen molar-refractivity contribution < 1.29 is 28.7 Å². The highest BCUT2D eigenvalue weighted by Crippen LogP contribution is 2.10. The highest BCUT2D eigenvalue weighted by Gasteiger charge is 2.30. The topological polar surface area (TPSA) is 137 Å². The number of benzene rings is 1. The smallest absolute Gasteiger partial charge is 0.408 e. The van der Waals surface area contributed by atoms with Gasteiger partial charge in [-0.3, -0.25) is 14.4 Å². The first kappa shape index (κ1) is 24.9. The van der Waals surface area contributed by atoms with Crippen LogP contribution < -0.4 is 16.4 Å². The number of hydrogen-bond donors (Lipinski definition) is 3. The van der Waals surface area contributed by atoms with Gasteiger partial charge >= 0.3 is 12.1 Å². The van der Waals surface area contributed by atoms with Gasteiger partial charge in [0.1, 0.15) is 18.7 Å². The number of carbonyl (C=O) groups is 4. The van der Waals surface area contributed by atoms with Crippen molar-refractivity contribution in [1.29, 1.82) is 0 Å². The normalized spacial score (nSPS) is 13.6. The standard InChI is InChI=1S/C21H31N3O6/c1-5-29-20(27)14(4)11-16(18(22)25)23-19(26)17(13(2)3)24-21(28)30-12-15-9-7-6-8-10-15/h6-10,13-14,16-17H,5,11-12H2,1-4H3,(H2,22,25)(H,23,26)(H,24,28)/t14-,16-,17-/m1/s1. The van der Waals surface area contributed by atoms with Crippen LogP contribution in [0.15, 0.2) is 30.3 Å². The molecule has 0 heterocycles. The van der Waals surface area contributed by atoms with Crippen LogP contribution in [0.25, 0.3) is 0 Å². The molecule has 9 heteroatoms. The number of primary amides is 1. The molecule has 0 saturated carbocycles. The monoisotopic (exact) mass is 421 g/mol. The quantitative estimate of drug-likeness (QED) is 0.463. The van der Waals surface area contributed by atoms with E-state index in [4.69, 9.17) is 15.2 Å². The summed E-state index contributed by atoms with van der Waals surface area (Å²) in [6.07, 6.45) is -0.772. The van der Waals surface area contributed by atoms with E-state index in [-0.39, 0.29) is 25.6 Å². The number of carbonyl (C=O) groups excluding carboxylic acids is 4. The highest BCUT2D eigenvalue weighted by atomic mass is 16.5. The molecule has 1 aromatic carbocycles. The molecular formula is C21H31N3O6. The average Bonchev–Trinajstić information content (AvgIpc) is 2.70. The van der Waals surface area contributed by atoms with E-state index in [1.165, 1.54) is 0 Å². The van der Waals surface area contributed by atoms with Crippen LogP contribution in [0.4, 0.5) is 4.79 Å². The fraction of sp³-hybridized carbons (Fsp3) is 0.524. The molecule has 0 aromatic heterocycles. The molecule has 3 amide bonds. The lowest BCUT2D eigenvalue weighted by Crippen LogP contribution is -2.55. The fourth-order valence-corrected chi connectivity index (χ4v) is 2.67. The van der Waals surface area contributed by atoms with Crippen LogP contribution in [0.3, 0.4) is 0 Å². The van der Waals surface area contributed by atoms with Gasteiger partial charge in [0.2, 0.25) is 11.8 Å². The van der Waals surface area contributed by atoms with Crippen LogP contribution in [0.5, 0.6) is 0 Å². The second-order valence-electron chi connectivity index (χ2n) is 7.28. The molecular weight excluding hydrogens is 390 g/mol. The van der Waals surface area contributed by atoms with Crippen molar-refractivity contribution in [2.24, 2.45) is 17.6 Å². The Balaban J connectivity index is 2.70. The summed E-state index contributed by atoms with van der Waals surface area (Å²) in [4.78, 5) is 48.4. The maximum atomic E-state index is 12.7. The Labute approximate surface area is 176 Å². The first-order valence-electron chi connectivity index (χ1n) is 9.89. The number of rotatable bonds is 11. The minimum Gasteiger partial charge on any atom is -0.466 e. The number of hydrogen-bond acceptors (Lipinski definition) is 6. The van der Waals surface area contributed by atoms with Crippen molar-refractivity contribution in [3.8, 4) is 0 Å². The Morgan fingerprint density at radius 2 is 1.63 bits per heavy atom. The zero-order chi connectivity index (χ0) is 22.7. The molecule has 0 spiro atoms. The molecule has 0 aliphatic carbocycles. The Bertz CT molecular complexity index is 723. The summed E-state index contributed by atoms with van der Waals surface area (Å²) in [6.45, 7) is 7.00. The summed E-state index contributed by atoms with van der Waals surface area (Å²) in [5, 5.41) is 5.02. The van der Waals surface area contributed by atoms with Crippen molar-refractivity contribution in [3.63, 3.8) is 0 Å². The van der Waals surface area contributed by atoms with E-state index in [2.05, 4.69) is 10.6 Å². The summed E-state index contributed by atoms with van der Waals surface area (Å²) in [6, 6.07) is 7.07. The van der Waals surface area contributed by atoms with Gasteiger partial charge in [-0.2, -0.15) is 0 Å². The summed E-state index contributed by atoms with van der Waals surface area (Å²) < 4.78 is 10.1. The van der Waals surface area contributed by atoms with Crippen LogP contribution in [0.1, 0.15) is 39.7 Å². The van der Waals surface area contributed by atoms with E-state index < -0.39 is 41.9 Å². The molecule has 1 rings (SSSR count). The van der Waals surface area contributed by atoms with Gasteiger partial charge in [-0.15, -0.1) is 0 Å². The van der Waals surface area contributed by atoms with Crippen molar-refractivity contribution in [2.45, 2.75) is 52.8 Å². The molecule has 0 saturated heterocycles. The predicted molar refractivity (Wildman–Crippen MR) is 110 cm³/mol. The number of ether oxygens (including phenoxy) is 2. The molecule has 0 fully saturated rings. The number of nitrogens with one attached hydrogen (secondary N) is 2. The van der Waals surface area contributed by atoms with Crippen LogP contribution in [-0.2, 0) is 30.5 Å². The Morgan fingerprint density at radius 3 is 2.17 bits per heavy atom. The van der Waals surface area contributed by atoms with Gasteiger partial charge in [0, 0.05) is 0 Å². The van der Waals surface area contributed by atoms with Crippen molar-refractivity contribution >= 4 is 23.9 Å².